The van der Waals surface area contributed by atoms with Gasteiger partial charge in [-0.15, -0.1) is 0 Å². The Balaban J connectivity index is 2.37. The van der Waals surface area contributed by atoms with Gasteiger partial charge in [0.15, 0.2) is 0 Å². The average molecular weight is 237 g/mol. The van der Waals surface area contributed by atoms with E-state index in [4.69, 9.17) is 5.73 Å². The van der Waals surface area contributed by atoms with Gasteiger partial charge in [0.2, 0.25) is 0 Å². The van der Waals surface area contributed by atoms with Crippen LogP contribution in [0.5, 0.6) is 0 Å². The Kier molecular flexibility index (Phi) is 3.47. The van der Waals surface area contributed by atoms with Gasteiger partial charge in [-0.2, -0.15) is 5.10 Å². The molecular weight excluding hydrogens is 218 g/mol. The van der Waals surface area contributed by atoms with E-state index in [1.165, 1.54) is 7.11 Å². The van der Waals surface area contributed by atoms with Crippen molar-refractivity contribution in [2.24, 2.45) is 5.73 Å². The molecule has 2 rings (SSSR count). The van der Waals surface area contributed by atoms with Crippen LogP contribution in [0.3, 0.4) is 0 Å². The van der Waals surface area contributed by atoms with Crippen molar-refractivity contribution in [2.45, 2.75) is 45.2 Å². The second kappa shape index (κ2) is 4.87. The van der Waals surface area contributed by atoms with Gasteiger partial charge >= 0.3 is 5.97 Å². The van der Waals surface area contributed by atoms with Gasteiger partial charge in [0.05, 0.1) is 12.8 Å². The fourth-order valence-corrected chi connectivity index (χ4v) is 2.47. The van der Waals surface area contributed by atoms with Gasteiger partial charge in [-0.25, -0.2) is 0 Å². The highest BCUT2D eigenvalue weighted by Crippen LogP contribution is 2.31. The predicted octanol–water partition coefficient (Wildman–Crippen LogP) is 0.955. The molecule has 1 aliphatic carbocycles. The van der Waals surface area contributed by atoms with E-state index in [2.05, 4.69) is 16.8 Å². The summed E-state index contributed by atoms with van der Waals surface area (Å²) in [5.41, 5.74) is 9.43. The Labute approximate surface area is 101 Å². The molecular formula is C12H19N3O2. The van der Waals surface area contributed by atoms with Crippen molar-refractivity contribution in [3.05, 3.63) is 17.0 Å². The molecule has 1 heterocycles. The van der Waals surface area contributed by atoms with Gasteiger partial charge in [0.25, 0.3) is 0 Å². The first-order valence-electron chi connectivity index (χ1n) is 6.08. The lowest BCUT2D eigenvalue weighted by Gasteiger charge is -2.20. The Morgan fingerprint density at radius 3 is 3.06 bits per heavy atom. The summed E-state index contributed by atoms with van der Waals surface area (Å²) >= 11 is 0. The first-order valence-corrected chi connectivity index (χ1v) is 6.08. The van der Waals surface area contributed by atoms with Crippen LogP contribution in [0.15, 0.2) is 0 Å². The highest BCUT2D eigenvalue weighted by atomic mass is 16.5. The van der Waals surface area contributed by atoms with E-state index in [1.54, 1.807) is 4.68 Å². The number of aryl methyl sites for hydroxylation is 1. The van der Waals surface area contributed by atoms with E-state index >= 15 is 0 Å². The molecule has 0 saturated heterocycles. The molecule has 0 aromatic carbocycles. The van der Waals surface area contributed by atoms with Gasteiger partial charge in [-0.3, -0.25) is 9.48 Å². The summed E-state index contributed by atoms with van der Waals surface area (Å²) in [4.78, 5) is 11.3. The molecule has 0 radical (unpaired) electrons. The molecule has 94 valence electrons. The van der Waals surface area contributed by atoms with Crippen LogP contribution in [0.2, 0.25) is 0 Å². The molecule has 0 fully saturated rings. The van der Waals surface area contributed by atoms with Crippen LogP contribution in [-0.4, -0.2) is 22.9 Å². The molecule has 0 spiro atoms. The minimum atomic E-state index is -0.267. The summed E-state index contributed by atoms with van der Waals surface area (Å²) in [5.74, 6) is -0.267. The van der Waals surface area contributed by atoms with E-state index < -0.39 is 0 Å². The Bertz CT molecular complexity index is 426. The van der Waals surface area contributed by atoms with Crippen LogP contribution in [0.1, 0.15) is 42.8 Å². The van der Waals surface area contributed by atoms with Crippen molar-refractivity contribution in [1.29, 1.82) is 0 Å². The van der Waals surface area contributed by atoms with E-state index in [0.717, 1.165) is 42.6 Å². The van der Waals surface area contributed by atoms with Gasteiger partial charge in [-0.05, 0) is 25.7 Å². The van der Waals surface area contributed by atoms with Crippen molar-refractivity contribution < 1.29 is 9.53 Å². The Hall–Kier alpha value is -1.36. The number of carbonyl (C=O) groups excluding carboxylic acids is 1. The molecule has 0 amide bonds. The molecule has 1 atom stereocenters. The maximum atomic E-state index is 11.3. The maximum Gasteiger partial charge on any atom is 0.327 e. The van der Waals surface area contributed by atoms with Crippen LogP contribution >= 0.6 is 0 Å². The molecule has 0 saturated carbocycles. The molecule has 5 nitrogen and oxygen atoms in total. The lowest BCUT2D eigenvalue weighted by atomic mass is 9.91. The molecule has 1 aromatic heterocycles. The quantitative estimate of drug-likeness (QED) is 0.795. The molecule has 5 heteroatoms. The second-order valence-corrected chi connectivity index (χ2v) is 4.39. The van der Waals surface area contributed by atoms with Crippen molar-refractivity contribution in [3.8, 4) is 0 Å². The molecule has 0 aliphatic heterocycles. The highest BCUT2D eigenvalue weighted by molar-refractivity contribution is 5.69. The first kappa shape index (κ1) is 12.1. The van der Waals surface area contributed by atoms with Crippen molar-refractivity contribution >= 4 is 5.97 Å². The summed E-state index contributed by atoms with van der Waals surface area (Å²) in [6.45, 7) is 2.25. The van der Waals surface area contributed by atoms with E-state index in [0.29, 0.717) is 0 Å². The van der Waals surface area contributed by atoms with Gasteiger partial charge < -0.3 is 10.5 Å². The predicted molar refractivity (Wildman–Crippen MR) is 63.5 cm³/mol. The largest absolute Gasteiger partial charge is 0.468 e. The molecule has 17 heavy (non-hydrogen) atoms. The van der Waals surface area contributed by atoms with Crippen molar-refractivity contribution in [1.82, 2.24) is 9.78 Å². The highest BCUT2D eigenvalue weighted by Gasteiger charge is 2.26. The topological polar surface area (TPSA) is 70.1 Å². The summed E-state index contributed by atoms with van der Waals surface area (Å²) < 4.78 is 6.45. The van der Waals surface area contributed by atoms with Crippen LogP contribution in [0, 0.1) is 0 Å². The van der Waals surface area contributed by atoms with Gasteiger partial charge in [0, 0.05) is 17.3 Å². The van der Waals surface area contributed by atoms with Crippen LogP contribution in [0.4, 0.5) is 0 Å². The fraction of sp³-hybridized carbons (Fsp3) is 0.667. The number of nitrogens with zero attached hydrogens (tertiary/aromatic N) is 2. The Morgan fingerprint density at radius 2 is 2.41 bits per heavy atom. The van der Waals surface area contributed by atoms with Crippen molar-refractivity contribution in [2.75, 3.05) is 7.11 Å². The zero-order chi connectivity index (χ0) is 12.4. The van der Waals surface area contributed by atoms with Crippen LogP contribution in [-0.2, 0) is 28.9 Å². The third-order valence-corrected chi connectivity index (χ3v) is 3.32. The summed E-state index contributed by atoms with van der Waals surface area (Å²) in [6, 6.07) is 0.0695. The SMILES string of the molecule is CCc1nn(CC(=O)OC)c2c1C(N)CCC2. The normalized spacial score (nSPS) is 18.9. The number of methoxy groups -OCH3 is 1. The van der Waals surface area contributed by atoms with Gasteiger partial charge in [-0.1, -0.05) is 6.92 Å². The summed E-state index contributed by atoms with van der Waals surface area (Å²) in [7, 11) is 1.39. The number of fused-ring (bicyclic) bond motifs is 1. The first-order chi connectivity index (χ1) is 8.17. The Morgan fingerprint density at radius 1 is 1.65 bits per heavy atom. The lowest BCUT2D eigenvalue weighted by molar-refractivity contribution is -0.141. The van der Waals surface area contributed by atoms with E-state index in [1.807, 2.05) is 0 Å². The number of hydrogen-bond donors (Lipinski definition) is 1. The fourth-order valence-electron chi connectivity index (χ4n) is 2.47. The molecule has 1 aromatic rings. The average Bonchev–Trinajstić information content (AvgIpc) is 2.69. The number of rotatable bonds is 3. The zero-order valence-corrected chi connectivity index (χ0v) is 10.4. The monoisotopic (exact) mass is 237 g/mol. The van der Waals surface area contributed by atoms with E-state index in [9.17, 15) is 4.79 Å². The number of ether oxygens (including phenoxy) is 1. The van der Waals surface area contributed by atoms with Crippen LogP contribution < -0.4 is 5.73 Å². The standard InChI is InChI=1S/C12H19N3O2/c1-3-9-12-8(13)5-4-6-10(12)15(14-9)7-11(16)17-2/h8H,3-7,13H2,1-2H3. The van der Waals surface area contributed by atoms with Crippen LogP contribution in [0.25, 0.3) is 0 Å². The number of nitrogens with two attached hydrogens (primary N) is 1. The number of aromatic nitrogens is 2. The minimum Gasteiger partial charge on any atom is -0.468 e. The van der Waals surface area contributed by atoms with Gasteiger partial charge in [0.1, 0.15) is 6.54 Å². The summed E-state index contributed by atoms with van der Waals surface area (Å²) in [5, 5.41) is 4.48. The summed E-state index contributed by atoms with van der Waals surface area (Å²) in [6.07, 6.45) is 3.87. The third-order valence-electron chi connectivity index (χ3n) is 3.32. The minimum absolute atomic E-state index is 0.0695. The number of carbonyl (C=O) groups is 1. The third kappa shape index (κ3) is 2.20. The lowest BCUT2D eigenvalue weighted by Crippen LogP contribution is -2.21. The molecule has 2 N–H and O–H groups in total. The molecule has 1 aliphatic rings. The number of hydrogen-bond acceptors (Lipinski definition) is 4. The maximum absolute atomic E-state index is 11.3. The molecule has 1 unspecified atom stereocenters. The second-order valence-electron chi connectivity index (χ2n) is 4.39. The van der Waals surface area contributed by atoms with Crippen molar-refractivity contribution in [3.63, 3.8) is 0 Å². The molecule has 0 bridgehead atoms. The smallest absolute Gasteiger partial charge is 0.327 e. The van der Waals surface area contributed by atoms with E-state index in [-0.39, 0.29) is 18.6 Å². The number of esters is 1. The zero-order valence-electron chi connectivity index (χ0n) is 10.4.